The van der Waals surface area contributed by atoms with E-state index in [4.69, 9.17) is 16.1 Å². The molecule has 0 N–H and O–H groups in total. The number of halogens is 1. The largest absolute Gasteiger partial charge is 0.360 e. The van der Waals surface area contributed by atoms with Gasteiger partial charge in [-0.2, -0.15) is 0 Å². The van der Waals surface area contributed by atoms with Gasteiger partial charge in [0.2, 0.25) is 0 Å². The minimum Gasteiger partial charge on any atom is -0.360 e. The fraction of sp³-hybridized carbons (Fsp3) is 0.500. The number of carbonyl (C=O) groups excluding carboxylic acids is 1. The van der Waals surface area contributed by atoms with Crippen molar-refractivity contribution >= 4 is 16.8 Å². The zero-order valence-electron chi connectivity index (χ0n) is 7.06. The van der Waals surface area contributed by atoms with Crippen LogP contribution in [-0.2, 0) is 12.8 Å². The van der Waals surface area contributed by atoms with Gasteiger partial charge in [-0.25, -0.2) is 0 Å². The summed E-state index contributed by atoms with van der Waals surface area (Å²) < 4.78 is 4.94. The summed E-state index contributed by atoms with van der Waals surface area (Å²) in [5, 5.41) is 3.26. The number of aromatic nitrogens is 1. The maximum Gasteiger partial charge on any atom is 0.257 e. The average molecular weight is 188 g/mol. The summed E-state index contributed by atoms with van der Waals surface area (Å²) in [6.07, 6.45) is 1.30. The van der Waals surface area contributed by atoms with Crippen LogP contribution in [0.15, 0.2) is 4.52 Å². The van der Waals surface area contributed by atoms with Gasteiger partial charge < -0.3 is 4.52 Å². The summed E-state index contributed by atoms with van der Waals surface area (Å²) >= 11 is 5.37. The molecule has 0 aliphatic heterocycles. The Kier molecular flexibility index (Phi) is 2.87. The molecule has 0 fully saturated rings. The standard InChI is InChI=1S/C8H10ClNO2/c1-3-5-7(8(9)11)6(4-2)12-10-5/h3-4H2,1-2H3. The van der Waals surface area contributed by atoms with Crippen LogP contribution in [0.25, 0.3) is 0 Å². The molecule has 0 amide bonds. The van der Waals surface area contributed by atoms with Crippen LogP contribution in [0.5, 0.6) is 0 Å². The van der Waals surface area contributed by atoms with Gasteiger partial charge in [0.25, 0.3) is 5.24 Å². The summed E-state index contributed by atoms with van der Waals surface area (Å²) in [5.41, 5.74) is 1.09. The van der Waals surface area contributed by atoms with E-state index in [2.05, 4.69) is 5.16 Å². The number of nitrogens with zero attached hydrogens (tertiary/aromatic N) is 1. The van der Waals surface area contributed by atoms with Crippen LogP contribution >= 0.6 is 11.6 Å². The molecule has 0 aromatic carbocycles. The van der Waals surface area contributed by atoms with E-state index in [1.807, 2.05) is 13.8 Å². The first-order valence-corrected chi connectivity index (χ1v) is 4.25. The van der Waals surface area contributed by atoms with Crippen LogP contribution in [0.1, 0.15) is 35.7 Å². The molecule has 0 aliphatic rings. The van der Waals surface area contributed by atoms with E-state index < -0.39 is 5.24 Å². The van der Waals surface area contributed by atoms with Gasteiger partial charge >= 0.3 is 0 Å². The highest BCUT2D eigenvalue weighted by Gasteiger charge is 2.18. The van der Waals surface area contributed by atoms with Gasteiger partial charge in [-0.05, 0) is 18.0 Å². The Morgan fingerprint density at radius 3 is 2.58 bits per heavy atom. The molecule has 3 nitrogen and oxygen atoms in total. The molecule has 1 aromatic rings. The first-order chi connectivity index (χ1) is 5.70. The molecule has 0 saturated heterocycles. The second kappa shape index (κ2) is 3.72. The van der Waals surface area contributed by atoms with E-state index in [9.17, 15) is 4.79 Å². The van der Waals surface area contributed by atoms with Crippen molar-refractivity contribution in [1.29, 1.82) is 0 Å². The van der Waals surface area contributed by atoms with E-state index in [-0.39, 0.29) is 0 Å². The number of hydrogen-bond acceptors (Lipinski definition) is 3. The summed E-state index contributed by atoms with van der Waals surface area (Å²) in [6.45, 7) is 3.80. The Hall–Kier alpha value is -0.830. The second-order valence-corrected chi connectivity index (χ2v) is 2.75. The molecular weight excluding hydrogens is 178 g/mol. The van der Waals surface area contributed by atoms with E-state index in [1.165, 1.54) is 0 Å². The molecule has 1 heterocycles. The third-order valence-electron chi connectivity index (χ3n) is 1.69. The first-order valence-electron chi connectivity index (χ1n) is 3.87. The third-order valence-corrected chi connectivity index (χ3v) is 1.87. The number of rotatable bonds is 3. The van der Waals surface area contributed by atoms with Crippen molar-refractivity contribution in [2.75, 3.05) is 0 Å². The van der Waals surface area contributed by atoms with Crippen molar-refractivity contribution in [3.05, 3.63) is 17.0 Å². The summed E-state index contributed by atoms with van der Waals surface area (Å²) in [5.74, 6) is 0.576. The van der Waals surface area contributed by atoms with E-state index in [1.54, 1.807) is 0 Å². The zero-order chi connectivity index (χ0) is 9.14. The van der Waals surface area contributed by atoms with Crippen LogP contribution in [0, 0.1) is 0 Å². The SMILES string of the molecule is CCc1noc(CC)c1C(=O)Cl. The lowest BCUT2D eigenvalue weighted by molar-refractivity contribution is 0.107. The van der Waals surface area contributed by atoms with Crippen molar-refractivity contribution in [3.63, 3.8) is 0 Å². The molecule has 0 aliphatic carbocycles. The van der Waals surface area contributed by atoms with Crippen molar-refractivity contribution < 1.29 is 9.32 Å². The van der Waals surface area contributed by atoms with Crippen molar-refractivity contribution in [3.8, 4) is 0 Å². The monoisotopic (exact) mass is 187 g/mol. The van der Waals surface area contributed by atoms with Crippen LogP contribution in [0.3, 0.4) is 0 Å². The molecule has 12 heavy (non-hydrogen) atoms. The first kappa shape index (κ1) is 9.26. The Morgan fingerprint density at radius 1 is 1.50 bits per heavy atom. The highest BCUT2D eigenvalue weighted by molar-refractivity contribution is 6.68. The van der Waals surface area contributed by atoms with Gasteiger partial charge in [-0.3, -0.25) is 4.79 Å². The Morgan fingerprint density at radius 2 is 2.17 bits per heavy atom. The molecule has 0 unspecified atom stereocenters. The molecule has 66 valence electrons. The molecular formula is C8H10ClNO2. The zero-order valence-corrected chi connectivity index (χ0v) is 7.81. The van der Waals surface area contributed by atoms with E-state index in [0.29, 0.717) is 29.9 Å². The number of hydrogen-bond donors (Lipinski definition) is 0. The van der Waals surface area contributed by atoms with E-state index in [0.717, 1.165) is 0 Å². The summed E-state index contributed by atoms with van der Waals surface area (Å²) in [7, 11) is 0. The fourth-order valence-corrected chi connectivity index (χ4v) is 1.28. The van der Waals surface area contributed by atoms with Crippen LogP contribution in [-0.4, -0.2) is 10.4 Å². The minimum atomic E-state index is -0.482. The maximum absolute atomic E-state index is 10.9. The van der Waals surface area contributed by atoms with Crippen molar-refractivity contribution in [2.45, 2.75) is 26.7 Å². The molecule has 0 atom stereocenters. The lowest BCUT2D eigenvalue weighted by Crippen LogP contribution is -1.96. The van der Waals surface area contributed by atoms with Gasteiger partial charge in [0, 0.05) is 6.42 Å². The molecule has 0 radical (unpaired) electrons. The Bertz CT molecular complexity index is 272. The van der Waals surface area contributed by atoms with Crippen molar-refractivity contribution in [2.24, 2.45) is 0 Å². The summed E-state index contributed by atoms with van der Waals surface area (Å²) in [4.78, 5) is 10.9. The van der Waals surface area contributed by atoms with Gasteiger partial charge in [0.1, 0.15) is 5.76 Å². The normalized spacial score (nSPS) is 10.2. The smallest absolute Gasteiger partial charge is 0.257 e. The topological polar surface area (TPSA) is 43.1 Å². The third kappa shape index (κ3) is 1.50. The van der Waals surface area contributed by atoms with Crippen LogP contribution in [0.4, 0.5) is 0 Å². The average Bonchev–Trinajstić information content (AvgIpc) is 2.46. The molecule has 0 saturated carbocycles. The maximum atomic E-state index is 10.9. The number of aryl methyl sites for hydroxylation is 2. The van der Waals surface area contributed by atoms with Crippen molar-refractivity contribution in [1.82, 2.24) is 5.16 Å². The van der Waals surface area contributed by atoms with Crippen LogP contribution in [0.2, 0.25) is 0 Å². The second-order valence-electron chi connectivity index (χ2n) is 2.41. The summed E-state index contributed by atoms with van der Waals surface area (Å²) in [6, 6.07) is 0. The Balaban J connectivity index is 3.16. The van der Waals surface area contributed by atoms with Gasteiger partial charge in [-0.15, -0.1) is 0 Å². The fourth-order valence-electron chi connectivity index (χ4n) is 1.07. The molecule has 0 bridgehead atoms. The van der Waals surface area contributed by atoms with Gasteiger partial charge in [0.05, 0.1) is 11.3 Å². The highest BCUT2D eigenvalue weighted by Crippen LogP contribution is 2.17. The minimum absolute atomic E-state index is 0.446. The molecule has 1 aromatic heterocycles. The highest BCUT2D eigenvalue weighted by atomic mass is 35.5. The Labute approximate surface area is 75.7 Å². The van der Waals surface area contributed by atoms with Gasteiger partial charge in [0.15, 0.2) is 0 Å². The van der Waals surface area contributed by atoms with Crippen LogP contribution < -0.4 is 0 Å². The van der Waals surface area contributed by atoms with Gasteiger partial charge in [-0.1, -0.05) is 19.0 Å². The lowest BCUT2D eigenvalue weighted by atomic mass is 10.1. The predicted molar refractivity (Wildman–Crippen MR) is 45.4 cm³/mol. The molecule has 4 heteroatoms. The van der Waals surface area contributed by atoms with E-state index >= 15 is 0 Å². The predicted octanol–water partition coefficient (Wildman–Crippen LogP) is 2.18. The quantitative estimate of drug-likeness (QED) is 0.682. The number of carbonyl (C=O) groups is 1. The molecule has 0 spiro atoms. The molecule has 1 rings (SSSR count). The lowest BCUT2D eigenvalue weighted by Gasteiger charge is -1.92.